The molecule has 0 radical (unpaired) electrons. The Morgan fingerprint density at radius 1 is 1.09 bits per heavy atom. The highest BCUT2D eigenvalue weighted by atomic mass is 35.5. The van der Waals surface area contributed by atoms with Crippen molar-refractivity contribution < 1.29 is 14.6 Å². The third-order valence-electron chi connectivity index (χ3n) is 6.31. The van der Waals surface area contributed by atoms with Gasteiger partial charge in [0.15, 0.2) is 0 Å². The number of hydrogen-bond acceptors (Lipinski definition) is 11. The van der Waals surface area contributed by atoms with Gasteiger partial charge in [0.25, 0.3) is 0 Å². The van der Waals surface area contributed by atoms with E-state index >= 15 is 0 Å². The number of carboxylic acids is 1. The Hall–Kier alpha value is -4.17. The van der Waals surface area contributed by atoms with Gasteiger partial charge in [-0.05, 0) is 49.2 Å². The van der Waals surface area contributed by atoms with Gasteiger partial charge in [0.05, 0.1) is 11.3 Å². The lowest BCUT2D eigenvalue weighted by Gasteiger charge is -2.15. The molecule has 0 saturated heterocycles. The molecule has 6 N–H and O–H groups in total. The van der Waals surface area contributed by atoms with Gasteiger partial charge in [0, 0.05) is 33.8 Å². The number of aliphatic carboxylic acids is 1. The second kappa shape index (κ2) is 15.3. The summed E-state index contributed by atoms with van der Waals surface area (Å²) in [7, 11) is 0. The minimum absolute atomic E-state index is 0.0353. The zero-order valence-electron chi connectivity index (χ0n) is 22.9. The number of pyridine rings is 1. The van der Waals surface area contributed by atoms with Crippen LogP contribution < -0.4 is 21.5 Å². The Balaban J connectivity index is 1.47. The summed E-state index contributed by atoms with van der Waals surface area (Å²) in [6, 6.07) is 18.0. The fraction of sp³-hybridized carbons (Fsp3) is 0.233. The molecule has 0 aliphatic heterocycles. The Bertz CT molecular complexity index is 1650. The van der Waals surface area contributed by atoms with E-state index in [1.165, 1.54) is 23.1 Å². The fourth-order valence-electron chi connectivity index (χ4n) is 4.19. The van der Waals surface area contributed by atoms with Crippen LogP contribution in [0.2, 0.25) is 5.02 Å². The second-order valence-electron chi connectivity index (χ2n) is 9.24. The average molecular weight is 634 g/mol. The molecule has 220 valence electrons. The van der Waals surface area contributed by atoms with Crippen LogP contribution in [0.1, 0.15) is 29.7 Å². The summed E-state index contributed by atoms with van der Waals surface area (Å²) in [5.74, 6) is 0.107. The maximum Gasteiger partial charge on any atom is 0.320 e. The number of nitrogens with two attached hydrogens (primary N) is 2. The van der Waals surface area contributed by atoms with Crippen molar-refractivity contribution >= 4 is 46.5 Å². The van der Waals surface area contributed by atoms with E-state index in [0.29, 0.717) is 58.6 Å². The molecule has 10 nitrogen and oxygen atoms in total. The topological polar surface area (TPSA) is 184 Å². The Morgan fingerprint density at radius 2 is 1.79 bits per heavy atom. The van der Waals surface area contributed by atoms with E-state index in [9.17, 15) is 20.4 Å². The van der Waals surface area contributed by atoms with Crippen LogP contribution in [0.5, 0.6) is 5.75 Å². The number of benzene rings is 2. The van der Waals surface area contributed by atoms with Crippen molar-refractivity contribution in [2.45, 2.75) is 29.7 Å². The molecule has 0 aliphatic rings. The zero-order chi connectivity index (χ0) is 30.8. The molecular formula is C30H28ClN7O3S2. The number of nitrogen functional groups attached to an aromatic ring is 1. The molecular weight excluding hydrogens is 606 g/mol. The first-order valence-corrected chi connectivity index (χ1v) is 15.4. The molecule has 43 heavy (non-hydrogen) atoms. The van der Waals surface area contributed by atoms with Crippen LogP contribution in [-0.2, 0) is 10.5 Å². The van der Waals surface area contributed by atoms with Gasteiger partial charge in [-0.3, -0.25) is 4.79 Å². The third kappa shape index (κ3) is 8.23. The number of aromatic nitrogens is 2. The second-order valence-corrected chi connectivity index (χ2v) is 11.5. The molecule has 0 bridgehead atoms. The third-order valence-corrected chi connectivity index (χ3v) is 8.52. The molecule has 0 spiro atoms. The van der Waals surface area contributed by atoms with E-state index in [4.69, 9.17) is 32.8 Å². The normalized spacial score (nSPS) is 11.4. The number of nitrogens with one attached hydrogen (secondary N) is 1. The predicted molar refractivity (Wildman–Crippen MR) is 169 cm³/mol. The number of ether oxygens (including phenoxy) is 1. The van der Waals surface area contributed by atoms with Crippen LogP contribution in [0.4, 0.5) is 5.82 Å². The highest BCUT2D eigenvalue weighted by Crippen LogP contribution is 2.37. The van der Waals surface area contributed by atoms with Gasteiger partial charge in [-0.2, -0.15) is 10.5 Å². The highest BCUT2D eigenvalue weighted by molar-refractivity contribution is 7.98. The first-order valence-electron chi connectivity index (χ1n) is 13.2. The number of carbonyl (C=O) groups is 1. The maximum atomic E-state index is 11.4. The molecule has 0 unspecified atom stereocenters. The lowest BCUT2D eigenvalue weighted by Crippen LogP contribution is -2.39. The van der Waals surface area contributed by atoms with Crippen molar-refractivity contribution in [3.63, 3.8) is 0 Å². The van der Waals surface area contributed by atoms with Crippen LogP contribution in [-0.4, -0.2) is 46.8 Å². The van der Waals surface area contributed by atoms with Gasteiger partial charge in [0.2, 0.25) is 0 Å². The Kier molecular flexibility index (Phi) is 11.3. The summed E-state index contributed by atoms with van der Waals surface area (Å²) in [4.78, 5) is 20.4. The first kappa shape index (κ1) is 31.8. The summed E-state index contributed by atoms with van der Waals surface area (Å²) in [5, 5.41) is 36.1. The zero-order valence-corrected chi connectivity index (χ0v) is 25.3. The van der Waals surface area contributed by atoms with Crippen LogP contribution in [0.3, 0.4) is 0 Å². The molecule has 4 aromatic rings. The standard InChI is InChI=1S/C30H28ClN7O3S2/c31-20-7-3-19(4-8-20)28-37-21(16-42-28)17-43-29-24(15-34)26(23(14-33)27(35)38-29)18-5-9-22(10-6-18)41-13-12-36-25(30(39)40)2-1-11-32/h3-10,16,25,36H,1-2,11-13,17,32H2,(H2,35,38)(H,39,40)/t25-/m0/s1. The number of rotatable bonds is 14. The molecule has 0 aliphatic carbocycles. The van der Waals surface area contributed by atoms with E-state index in [1.807, 2.05) is 29.6 Å². The van der Waals surface area contributed by atoms with Gasteiger partial charge in [-0.1, -0.05) is 47.6 Å². The largest absolute Gasteiger partial charge is 0.492 e. The lowest BCUT2D eigenvalue weighted by molar-refractivity contribution is -0.139. The number of anilines is 1. The highest BCUT2D eigenvalue weighted by Gasteiger charge is 2.21. The fourth-order valence-corrected chi connectivity index (χ4v) is 6.13. The van der Waals surface area contributed by atoms with E-state index in [2.05, 4.69) is 22.4 Å². The minimum Gasteiger partial charge on any atom is -0.492 e. The van der Waals surface area contributed by atoms with Crippen molar-refractivity contribution in [1.82, 2.24) is 15.3 Å². The number of nitrogens with zero attached hydrogens (tertiary/aromatic N) is 4. The quantitative estimate of drug-likeness (QED) is 0.104. The van der Waals surface area contributed by atoms with E-state index in [1.54, 1.807) is 24.3 Å². The van der Waals surface area contributed by atoms with Crippen molar-refractivity contribution in [3.05, 3.63) is 75.8 Å². The SMILES string of the molecule is N#Cc1c(N)nc(SCc2csc(-c3ccc(Cl)cc3)n2)c(C#N)c1-c1ccc(OCCN[C@@H](CCCN)C(=O)O)cc1. The molecule has 0 saturated carbocycles. The predicted octanol–water partition coefficient (Wildman–Crippen LogP) is 5.30. The van der Waals surface area contributed by atoms with Crippen LogP contribution in [0.15, 0.2) is 58.9 Å². The molecule has 2 aromatic carbocycles. The summed E-state index contributed by atoms with van der Waals surface area (Å²) in [6.07, 6.45) is 1.05. The monoisotopic (exact) mass is 633 g/mol. The molecule has 13 heteroatoms. The molecule has 1 atom stereocenters. The average Bonchev–Trinajstić information content (AvgIpc) is 3.49. The van der Waals surface area contributed by atoms with Gasteiger partial charge >= 0.3 is 5.97 Å². The Labute approximate surface area is 262 Å². The number of carboxylic acid groups (broad SMARTS) is 1. The van der Waals surface area contributed by atoms with Gasteiger partial charge in [-0.15, -0.1) is 11.3 Å². The van der Waals surface area contributed by atoms with Crippen molar-refractivity contribution in [1.29, 1.82) is 10.5 Å². The molecule has 2 heterocycles. The minimum atomic E-state index is -0.928. The van der Waals surface area contributed by atoms with Crippen molar-refractivity contribution in [2.24, 2.45) is 5.73 Å². The van der Waals surface area contributed by atoms with Crippen molar-refractivity contribution in [3.8, 4) is 39.6 Å². The van der Waals surface area contributed by atoms with Gasteiger partial charge in [-0.25, -0.2) is 9.97 Å². The number of nitriles is 2. The van der Waals surface area contributed by atoms with Crippen molar-refractivity contribution in [2.75, 3.05) is 25.4 Å². The van der Waals surface area contributed by atoms with Crippen LogP contribution in [0, 0.1) is 22.7 Å². The Morgan fingerprint density at radius 3 is 2.44 bits per heavy atom. The molecule has 2 aromatic heterocycles. The molecule has 4 rings (SSSR count). The van der Waals surface area contributed by atoms with Gasteiger partial charge < -0.3 is 26.6 Å². The maximum absolute atomic E-state index is 11.4. The van der Waals surface area contributed by atoms with Crippen LogP contribution in [0.25, 0.3) is 21.7 Å². The molecule has 0 fully saturated rings. The van der Waals surface area contributed by atoms with Gasteiger partial charge in [0.1, 0.15) is 52.0 Å². The smallest absolute Gasteiger partial charge is 0.320 e. The number of thiazole rings is 1. The van der Waals surface area contributed by atoms with E-state index in [-0.39, 0.29) is 23.6 Å². The molecule has 0 amide bonds. The van der Waals surface area contributed by atoms with Crippen LogP contribution >= 0.6 is 34.7 Å². The summed E-state index contributed by atoms with van der Waals surface area (Å²) in [5.41, 5.74) is 14.8. The van der Waals surface area contributed by atoms with E-state index < -0.39 is 12.0 Å². The first-order chi connectivity index (χ1) is 20.8. The number of hydrogen-bond donors (Lipinski definition) is 4. The number of halogens is 1. The van der Waals surface area contributed by atoms with E-state index in [0.717, 1.165) is 16.3 Å². The summed E-state index contributed by atoms with van der Waals surface area (Å²) < 4.78 is 5.76. The lowest BCUT2D eigenvalue weighted by atomic mass is 9.97. The number of thioether (sulfide) groups is 1. The summed E-state index contributed by atoms with van der Waals surface area (Å²) in [6.45, 7) is 1.01. The summed E-state index contributed by atoms with van der Waals surface area (Å²) >= 11 is 8.83.